The van der Waals surface area contributed by atoms with Gasteiger partial charge in [0.05, 0.1) is 11.4 Å². The van der Waals surface area contributed by atoms with E-state index >= 15 is 0 Å². The van der Waals surface area contributed by atoms with Gasteiger partial charge in [-0.25, -0.2) is 18.0 Å². The number of carboxylic acids is 1. The Labute approximate surface area is 134 Å². The molecule has 0 bridgehead atoms. The lowest BCUT2D eigenvalue weighted by Crippen LogP contribution is -2.61. The summed E-state index contributed by atoms with van der Waals surface area (Å²) in [4.78, 5) is 20.1. The molecule has 1 amide bonds. The Balaban J connectivity index is 3.05. The molecule has 0 aliphatic carbocycles. The smallest absolute Gasteiger partial charge is 0.407 e. The molecule has 1 atom stereocenters. The molecule has 0 aliphatic rings. The van der Waals surface area contributed by atoms with Crippen molar-refractivity contribution in [3.05, 3.63) is 30.3 Å². The molecular weight excluding hydrogens is 324 g/mol. The minimum Gasteiger partial charge on any atom is -0.479 e. The summed E-state index contributed by atoms with van der Waals surface area (Å²) < 4.78 is 29.9. The van der Waals surface area contributed by atoms with Crippen molar-refractivity contribution in [3.63, 3.8) is 0 Å². The van der Waals surface area contributed by atoms with Gasteiger partial charge < -0.3 is 20.9 Å². The molecule has 0 fully saturated rings. The van der Waals surface area contributed by atoms with E-state index in [0.29, 0.717) is 0 Å². The summed E-state index contributed by atoms with van der Waals surface area (Å²) in [7, 11) is -4.43. The third-order valence-corrected chi connectivity index (χ3v) is 4.96. The molecule has 0 spiro atoms. The largest absolute Gasteiger partial charge is 0.479 e. The first-order chi connectivity index (χ1) is 10.4. The molecule has 9 heteroatoms. The molecule has 128 valence electrons. The summed E-state index contributed by atoms with van der Waals surface area (Å²) >= 11 is 0. The van der Waals surface area contributed by atoms with Crippen LogP contribution in [0, 0.1) is 0 Å². The van der Waals surface area contributed by atoms with Crippen LogP contribution >= 0.6 is 0 Å². The van der Waals surface area contributed by atoms with Gasteiger partial charge in [0.25, 0.3) is 0 Å². The van der Waals surface area contributed by atoms with E-state index in [9.17, 15) is 23.1 Å². The molecule has 1 aromatic rings. The molecule has 1 unspecified atom stereocenters. The van der Waals surface area contributed by atoms with Crippen molar-refractivity contribution in [2.45, 2.75) is 36.1 Å². The van der Waals surface area contributed by atoms with E-state index < -0.39 is 38.9 Å². The van der Waals surface area contributed by atoms with E-state index in [1.165, 1.54) is 24.3 Å². The molecule has 0 aromatic heterocycles. The average Bonchev–Trinajstić information content (AvgIpc) is 2.43. The predicted molar refractivity (Wildman–Crippen MR) is 82.4 cm³/mol. The number of ether oxygens (including phenoxy) is 1. The van der Waals surface area contributed by atoms with Gasteiger partial charge in [-0.1, -0.05) is 18.2 Å². The zero-order valence-electron chi connectivity index (χ0n) is 13.1. The third kappa shape index (κ3) is 4.42. The van der Waals surface area contributed by atoms with Crippen molar-refractivity contribution in [2.75, 3.05) is 6.54 Å². The summed E-state index contributed by atoms with van der Waals surface area (Å²) in [6.45, 7) is 4.00. The van der Waals surface area contributed by atoms with Crippen LogP contribution in [0.2, 0.25) is 0 Å². The number of alkyl carbamates (subject to hydrolysis) is 1. The van der Waals surface area contributed by atoms with Gasteiger partial charge >= 0.3 is 12.1 Å². The van der Waals surface area contributed by atoms with E-state index in [-0.39, 0.29) is 4.90 Å². The second kappa shape index (κ2) is 6.55. The summed E-state index contributed by atoms with van der Waals surface area (Å²) in [6, 6.07) is 6.92. The number of benzene rings is 1. The van der Waals surface area contributed by atoms with Crippen LogP contribution in [0.25, 0.3) is 0 Å². The molecule has 0 saturated carbocycles. The van der Waals surface area contributed by atoms with Gasteiger partial charge in [0, 0.05) is 0 Å². The fourth-order valence-corrected chi connectivity index (χ4v) is 3.04. The number of nitrogens with one attached hydrogen (secondary N) is 1. The number of carbonyl (C=O) groups excluding carboxylic acids is 1. The maximum absolute atomic E-state index is 12.5. The summed E-state index contributed by atoms with van der Waals surface area (Å²) in [5.41, 5.74) is 4.79. The van der Waals surface area contributed by atoms with Gasteiger partial charge in [-0.15, -0.1) is 0 Å². The third-order valence-electron chi connectivity index (χ3n) is 2.79. The Bertz CT molecular complexity index is 681. The highest BCUT2D eigenvalue weighted by Crippen LogP contribution is 2.21. The van der Waals surface area contributed by atoms with E-state index in [2.05, 4.69) is 5.32 Å². The molecule has 0 saturated heterocycles. The highest BCUT2D eigenvalue weighted by Gasteiger charge is 2.49. The zero-order chi connectivity index (χ0) is 17.9. The minimum atomic E-state index is -4.43. The Morgan fingerprint density at radius 1 is 1.22 bits per heavy atom. The minimum absolute atomic E-state index is 0.254. The Kier molecular flexibility index (Phi) is 5.39. The van der Waals surface area contributed by atoms with Gasteiger partial charge in [-0.05, 0) is 32.9 Å². The van der Waals surface area contributed by atoms with Crippen LogP contribution in [0.5, 0.6) is 0 Å². The summed E-state index contributed by atoms with van der Waals surface area (Å²) in [5.74, 6) is -1.78. The Morgan fingerprint density at radius 3 is 2.17 bits per heavy atom. The molecular formula is C14H20N2O6S. The molecule has 23 heavy (non-hydrogen) atoms. The Morgan fingerprint density at radius 2 is 1.74 bits per heavy atom. The standard InChI is InChI=1S/C14H20N2O6S/c1-13(2,3)22-12(19)16-9-14(15,11(17)18)23(20,21)10-7-5-4-6-8-10/h4-8H,9,15H2,1-3H3,(H,16,19)(H,17,18). The number of sulfone groups is 1. The van der Waals surface area contributed by atoms with E-state index in [0.717, 1.165) is 0 Å². The van der Waals surface area contributed by atoms with Crippen LogP contribution < -0.4 is 11.1 Å². The molecule has 4 N–H and O–H groups in total. The average molecular weight is 344 g/mol. The van der Waals surface area contributed by atoms with Crippen molar-refractivity contribution in [1.82, 2.24) is 5.32 Å². The van der Waals surface area contributed by atoms with E-state index in [1.54, 1.807) is 26.8 Å². The number of carbonyl (C=O) groups is 2. The first kappa shape index (κ1) is 18.9. The first-order valence-electron chi connectivity index (χ1n) is 6.69. The topological polar surface area (TPSA) is 136 Å². The fourth-order valence-electron chi connectivity index (χ4n) is 1.61. The summed E-state index contributed by atoms with van der Waals surface area (Å²) in [6.07, 6.45) is -0.961. The van der Waals surface area contributed by atoms with Crippen LogP contribution in [0.1, 0.15) is 20.8 Å². The number of rotatable bonds is 5. The normalized spacial score (nSPS) is 14.6. The Hall–Kier alpha value is -2.13. The predicted octanol–water partition coefficient (Wildman–Crippen LogP) is 0.725. The van der Waals surface area contributed by atoms with Gasteiger partial charge in [-0.3, -0.25) is 0 Å². The van der Waals surface area contributed by atoms with Crippen LogP contribution in [0.3, 0.4) is 0 Å². The van der Waals surface area contributed by atoms with Gasteiger partial charge in [0.1, 0.15) is 5.60 Å². The lowest BCUT2D eigenvalue weighted by Gasteiger charge is -2.26. The lowest BCUT2D eigenvalue weighted by atomic mass is 10.2. The molecule has 1 aromatic carbocycles. The number of carboxylic acid groups (broad SMARTS) is 1. The number of hydrogen-bond acceptors (Lipinski definition) is 6. The van der Waals surface area contributed by atoms with E-state index in [1.807, 2.05) is 0 Å². The van der Waals surface area contributed by atoms with Gasteiger partial charge in [0.2, 0.25) is 14.7 Å². The quantitative estimate of drug-likeness (QED) is 0.716. The highest BCUT2D eigenvalue weighted by molar-refractivity contribution is 7.93. The van der Waals surface area contributed by atoms with Crippen LogP contribution in [-0.4, -0.2) is 42.6 Å². The second-order valence-electron chi connectivity index (χ2n) is 5.87. The van der Waals surface area contributed by atoms with Crippen molar-refractivity contribution in [2.24, 2.45) is 5.73 Å². The number of hydrogen-bond donors (Lipinski definition) is 3. The molecule has 0 aliphatic heterocycles. The van der Waals surface area contributed by atoms with Crippen LogP contribution in [0.4, 0.5) is 4.79 Å². The number of aliphatic carboxylic acids is 1. The van der Waals surface area contributed by atoms with Gasteiger partial charge in [0.15, 0.2) is 0 Å². The van der Waals surface area contributed by atoms with Crippen molar-refractivity contribution < 1.29 is 27.9 Å². The maximum Gasteiger partial charge on any atom is 0.407 e. The van der Waals surface area contributed by atoms with Crippen LogP contribution in [-0.2, 0) is 19.4 Å². The molecule has 0 heterocycles. The maximum atomic E-state index is 12.5. The molecule has 0 radical (unpaired) electrons. The fraction of sp³-hybridized carbons (Fsp3) is 0.429. The van der Waals surface area contributed by atoms with Crippen LogP contribution in [0.15, 0.2) is 35.2 Å². The molecule has 8 nitrogen and oxygen atoms in total. The number of amides is 1. The zero-order valence-corrected chi connectivity index (χ0v) is 13.9. The van der Waals surface area contributed by atoms with Crippen molar-refractivity contribution in [3.8, 4) is 0 Å². The van der Waals surface area contributed by atoms with Gasteiger partial charge in [-0.2, -0.15) is 0 Å². The molecule has 1 rings (SSSR count). The SMILES string of the molecule is CC(C)(C)OC(=O)NCC(N)(C(=O)O)S(=O)(=O)c1ccccc1. The highest BCUT2D eigenvalue weighted by atomic mass is 32.2. The summed E-state index contributed by atoms with van der Waals surface area (Å²) in [5, 5.41) is 11.4. The number of nitrogens with two attached hydrogens (primary N) is 1. The first-order valence-corrected chi connectivity index (χ1v) is 8.17. The lowest BCUT2D eigenvalue weighted by molar-refractivity contribution is -0.139. The second-order valence-corrected chi connectivity index (χ2v) is 8.07. The monoisotopic (exact) mass is 344 g/mol. The van der Waals surface area contributed by atoms with Crippen molar-refractivity contribution >= 4 is 21.9 Å². The van der Waals surface area contributed by atoms with E-state index in [4.69, 9.17) is 10.5 Å². The van der Waals surface area contributed by atoms with Crippen molar-refractivity contribution in [1.29, 1.82) is 0 Å².